The molecule has 21 heavy (non-hydrogen) atoms. The van der Waals surface area contributed by atoms with Gasteiger partial charge in [0.2, 0.25) is 11.8 Å². The van der Waals surface area contributed by atoms with Crippen LogP contribution in [0.1, 0.15) is 26.7 Å². The van der Waals surface area contributed by atoms with Crippen LogP contribution in [0.5, 0.6) is 0 Å². The van der Waals surface area contributed by atoms with Gasteiger partial charge in [-0.2, -0.15) is 0 Å². The summed E-state index contributed by atoms with van der Waals surface area (Å²) in [6, 6.07) is -0.534. The maximum absolute atomic E-state index is 12.7. The Kier molecular flexibility index (Phi) is 3.49. The lowest BCUT2D eigenvalue weighted by atomic mass is 9.78. The molecule has 3 aliphatic rings. The summed E-state index contributed by atoms with van der Waals surface area (Å²) in [5.41, 5.74) is -1.13. The predicted octanol–water partition coefficient (Wildman–Crippen LogP) is 0.381. The van der Waals surface area contributed by atoms with Gasteiger partial charge in [-0.1, -0.05) is 13.8 Å². The average molecular weight is 296 g/mol. The number of amides is 4. The van der Waals surface area contributed by atoms with E-state index in [4.69, 9.17) is 9.47 Å². The van der Waals surface area contributed by atoms with Crippen LogP contribution in [0.3, 0.4) is 0 Å². The molecule has 7 nitrogen and oxygen atoms in total. The molecule has 3 saturated heterocycles. The first-order valence-corrected chi connectivity index (χ1v) is 7.44. The molecule has 0 saturated carbocycles. The smallest absolute Gasteiger partial charge is 0.333 e. The second kappa shape index (κ2) is 5.06. The number of urea groups is 1. The summed E-state index contributed by atoms with van der Waals surface area (Å²) in [5.74, 6) is -0.767. The average Bonchev–Trinajstić information content (AvgIpc) is 3.37. The van der Waals surface area contributed by atoms with Gasteiger partial charge in [-0.25, -0.2) is 4.79 Å². The molecule has 3 heterocycles. The highest BCUT2D eigenvalue weighted by molar-refractivity contribution is 6.19. The van der Waals surface area contributed by atoms with Crippen molar-refractivity contribution in [2.75, 3.05) is 26.3 Å². The summed E-state index contributed by atoms with van der Waals surface area (Å²) in [7, 11) is 0. The maximum Gasteiger partial charge on any atom is 0.333 e. The van der Waals surface area contributed by atoms with Crippen LogP contribution in [0, 0.1) is 5.41 Å². The van der Waals surface area contributed by atoms with Gasteiger partial charge in [0.05, 0.1) is 38.5 Å². The van der Waals surface area contributed by atoms with Crippen LogP contribution >= 0.6 is 0 Å². The Labute approximate surface area is 123 Å². The van der Waals surface area contributed by atoms with E-state index in [2.05, 4.69) is 0 Å². The molecule has 4 amide bonds. The number of barbiturate groups is 1. The third kappa shape index (κ3) is 2.34. The number of hydrogen-bond donors (Lipinski definition) is 0. The van der Waals surface area contributed by atoms with Gasteiger partial charge in [0.1, 0.15) is 5.41 Å². The largest absolute Gasteiger partial charge is 0.371 e. The first-order chi connectivity index (χ1) is 10.0. The van der Waals surface area contributed by atoms with Gasteiger partial charge < -0.3 is 9.47 Å². The standard InChI is InChI=1S/C14H20N2O5/c1-3-14(4-2)11(17)15(5-9-7-20-9)13(19)16(12(14)18)6-10-8-21-10/h9-10H,3-8H2,1-2H3. The number of imide groups is 2. The van der Waals surface area contributed by atoms with Crippen molar-refractivity contribution in [3.8, 4) is 0 Å². The van der Waals surface area contributed by atoms with E-state index in [0.29, 0.717) is 26.1 Å². The highest BCUT2D eigenvalue weighted by Gasteiger charge is 2.56. The predicted molar refractivity (Wildman–Crippen MR) is 71.3 cm³/mol. The molecule has 7 heteroatoms. The molecule has 0 aromatic carbocycles. The molecule has 3 aliphatic heterocycles. The number of rotatable bonds is 6. The van der Waals surface area contributed by atoms with Crippen LogP contribution in [0.4, 0.5) is 4.79 Å². The molecule has 0 spiro atoms. The SMILES string of the molecule is CCC1(CC)C(=O)N(CC2CO2)C(=O)N(CC2CO2)C1=O. The first-order valence-electron chi connectivity index (χ1n) is 7.44. The zero-order valence-corrected chi connectivity index (χ0v) is 12.3. The number of epoxide rings is 2. The molecule has 0 aliphatic carbocycles. The zero-order valence-electron chi connectivity index (χ0n) is 12.3. The molecule has 0 aromatic rings. The minimum absolute atomic E-state index is 0.0865. The second-order valence-electron chi connectivity index (χ2n) is 5.81. The second-order valence-corrected chi connectivity index (χ2v) is 5.81. The van der Waals surface area contributed by atoms with Crippen molar-refractivity contribution in [3.05, 3.63) is 0 Å². The van der Waals surface area contributed by atoms with Crippen molar-refractivity contribution in [1.29, 1.82) is 0 Å². The Balaban J connectivity index is 1.90. The minimum Gasteiger partial charge on any atom is -0.371 e. The fraction of sp³-hybridized carbons (Fsp3) is 0.786. The lowest BCUT2D eigenvalue weighted by molar-refractivity contribution is -0.159. The molecular formula is C14H20N2O5. The van der Waals surface area contributed by atoms with Crippen molar-refractivity contribution in [2.24, 2.45) is 5.41 Å². The van der Waals surface area contributed by atoms with Crippen molar-refractivity contribution in [1.82, 2.24) is 9.80 Å². The maximum atomic E-state index is 12.7. The Morgan fingerprint density at radius 3 is 1.62 bits per heavy atom. The fourth-order valence-corrected chi connectivity index (χ4v) is 2.86. The van der Waals surface area contributed by atoms with Gasteiger partial charge >= 0.3 is 6.03 Å². The topological polar surface area (TPSA) is 82.8 Å². The number of ether oxygens (including phenoxy) is 2. The molecule has 0 bridgehead atoms. The van der Waals surface area contributed by atoms with Gasteiger partial charge in [-0.3, -0.25) is 19.4 Å². The summed E-state index contributed by atoms with van der Waals surface area (Å²) in [5, 5.41) is 0. The third-order valence-corrected chi connectivity index (χ3v) is 4.56. The summed E-state index contributed by atoms with van der Waals surface area (Å²) in [4.78, 5) is 40.3. The molecule has 2 unspecified atom stereocenters. The molecule has 0 N–H and O–H groups in total. The van der Waals surface area contributed by atoms with Crippen LogP contribution in [0.2, 0.25) is 0 Å². The monoisotopic (exact) mass is 296 g/mol. The quantitative estimate of drug-likeness (QED) is 0.523. The fourth-order valence-electron chi connectivity index (χ4n) is 2.86. The normalized spacial score (nSPS) is 30.9. The van der Waals surface area contributed by atoms with Crippen molar-refractivity contribution >= 4 is 17.8 Å². The third-order valence-electron chi connectivity index (χ3n) is 4.56. The van der Waals surface area contributed by atoms with E-state index in [1.54, 1.807) is 0 Å². The van der Waals surface area contributed by atoms with Crippen LogP contribution in [-0.2, 0) is 19.1 Å². The summed E-state index contributed by atoms with van der Waals surface area (Å²) in [6.45, 7) is 5.20. The van der Waals surface area contributed by atoms with Gasteiger partial charge in [0.15, 0.2) is 0 Å². The van der Waals surface area contributed by atoms with Gasteiger partial charge in [-0.05, 0) is 12.8 Å². The lowest BCUT2D eigenvalue weighted by Gasteiger charge is -2.43. The summed E-state index contributed by atoms with van der Waals surface area (Å²) in [6.07, 6.45) is 0.602. The minimum atomic E-state index is -1.13. The molecule has 0 aromatic heterocycles. The molecule has 3 fully saturated rings. The van der Waals surface area contributed by atoms with E-state index in [-0.39, 0.29) is 37.1 Å². The van der Waals surface area contributed by atoms with E-state index in [0.717, 1.165) is 0 Å². The Morgan fingerprint density at radius 2 is 1.33 bits per heavy atom. The van der Waals surface area contributed by atoms with Crippen LogP contribution in [0.15, 0.2) is 0 Å². The Bertz CT molecular complexity index is 442. The molecule has 2 atom stereocenters. The first kappa shape index (κ1) is 14.5. The van der Waals surface area contributed by atoms with Crippen molar-refractivity contribution < 1.29 is 23.9 Å². The number of carbonyl (C=O) groups excluding carboxylic acids is 3. The van der Waals surface area contributed by atoms with Gasteiger partial charge in [0.25, 0.3) is 0 Å². The van der Waals surface area contributed by atoms with Crippen molar-refractivity contribution in [3.63, 3.8) is 0 Å². The molecule has 0 radical (unpaired) electrons. The summed E-state index contributed by atoms with van der Waals surface area (Å²) >= 11 is 0. The molecule has 116 valence electrons. The Hall–Kier alpha value is -1.47. The summed E-state index contributed by atoms with van der Waals surface area (Å²) < 4.78 is 10.2. The van der Waals surface area contributed by atoms with Gasteiger partial charge in [0, 0.05) is 0 Å². The van der Waals surface area contributed by atoms with Crippen LogP contribution in [0.25, 0.3) is 0 Å². The lowest BCUT2D eigenvalue weighted by Crippen LogP contribution is -2.66. The van der Waals surface area contributed by atoms with Gasteiger partial charge in [-0.15, -0.1) is 0 Å². The van der Waals surface area contributed by atoms with E-state index >= 15 is 0 Å². The van der Waals surface area contributed by atoms with E-state index in [1.807, 2.05) is 13.8 Å². The molecular weight excluding hydrogens is 276 g/mol. The van der Waals surface area contributed by atoms with Crippen LogP contribution < -0.4 is 0 Å². The zero-order chi connectivity index (χ0) is 15.2. The molecule has 3 rings (SSSR count). The van der Waals surface area contributed by atoms with E-state index in [1.165, 1.54) is 9.80 Å². The van der Waals surface area contributed by atoms with E-state index in [9.17, 15) is 14.4 Å². The number of hydrogen-bond acceptors (Lipinski definition) is 5. The number of nitrogens with zero attached hydrogens (tertiary/aromatic N) is 2. The highest BCUT2D eigenvalue weighted by Crippen LogP contribution is 2.37. The Morgan fingerprint density at radius 1 is 0.952 bits per heavy atom. The van der Waals surface area contributed by atoms with Crippen molar-refractivity contribution in [2.45, 2.75) is 38.9 Å². The van der Waals surface area contributed by atoms with E-state index < -0.39 is 11.4 Å². The highest BCUT2D eigenvalue weighted by atomic mass is 16.6. The van der Waals surface area contributed by atoms with Crippen LogP contribution in [-0.4, -0.2) is 66.2 Å². The number of carbonyl (C=O) groups is 3.